The number of aliphatic hydroxyl groups is 2. The molecule has 2 aromatic rings. The van der Waals surface area contributed by atoms with Gasteiger partial charge in [0.05, 0.1) is 40.6 Å². The molecule has 1 saturated heterocycles. The Balaban J connectivity index is 0.795. The van der Waals surface area contributed by atoms with Crippen LogP contribution in [0.1, 0.15) is 107 Å². The molecule has 4 saturated carbocycles. The number of hydrogen-bond acceptors (Lipinski definition) is 13. The lowest BCUT2D eigenvalue weighted by atomic mass is 9.46. The number of fused-ring (bicyclic) bond motifs is 6. The van der Waals surface area contributed by atoms with Crippen molar-refractivity contribution in [2.75, 3.05) is 31.4 Å². The molecular formula is C46H53ClFN3O13. The number of amides is 1. The van der Waals surface area contributed by atoms with Gasteiger partial charge in [0.25, 0.3) is 0 Å². The van der Waals surface area contributed by atoms with Gasteiger partial charge in [-0.25, -0.2) is 14.0 Å². The number of carbonyl (C=O) groups is 6. The maximum Gasteiger partial charge on any atom is 0.410 e. The molecule has 0 spiro atoms. The van der Waals surface area contributed by atoms with Crippen LogP contribution in [0.25, 0.3) is 10.9 Å². The molecule has 64 heavy (non-hydrogen) atoms. The zero-order chi connectivity index (χ0) is 45.9. The van der Waals surface area contributed by atoms with Crippen LogP contribution < -0.4 is 15.6 Å². The fraction of sp³-hybridized carbons (Fsp3) is 0.587. The highest BCUT2D eigenvalue weighted by Gasteiger charge is 2.68. The first-order chi connectivity index (χ1) is 30.4. The third-order valence-corrected chi connectivity index (χ3v) is 15.4. The standard InChI is InChI=1S/C46H53ClFN3O13/c1-44-14-12-27(52)17-24(44)6-9-28-31-13-15-46(61,45(31,2)19-33(53)37(28)44)34(54)22-62-35(55)10-11-36(56)63-23-64-43(60)49-25-5-3-4-16-50(20-25)40-32(48)18-29-39(38(40)47)51(26-7-8-26)21-30(41(29)57)42(58)59/h12,14,17-18,21,25-26,28,31,33,37,53,61H,3-11,13,15-16,19-20,22-23H2,1-2H3,(H,49,60)(H,58,59)/t25?,28?,31?,33-,37?,44-,45-,46-/m0/s1. The summed E-state index contributed by atoms with van der Waals surface area (Å²) in [5.74, 6) is -5.00. The lowest BCUT2D eigenvalue weighted by molar-refractivity contribution is -0.181. The van der Waals surface area contributed by atoms with Gasteiger partial charge in [-0.3, -0.25) is 24.0 Å². The Morgan fingerprint density at radius 2 is 1.73 bits per heavy atom. The number of carboxylic acids is 1. The second-order valence-corrected chi connectivity index (χ2v) is 19.2. The third kappa shape index (κ3) is 8.12. The number of alkyl carbamates (subject to hydrolysis) is 1. The number of aromatic carboxylic acids is 1. The maximum absolute atomic E-state index is 15.8. The lowest BCUT2D eigenvalue weighted by Crippen LogP contribution is -2.61. The molecule has 4 N–H and O–H groups in total. The summed E-state index contributed by atoms with van der Waals surface area (Å²) in [6, 6.07) is 0.378. The van der Waals surface area contributed by atoms with E-state index in [0.717, 1.165) is 24.5 Å². The van der Waals surface area contributed by atoms with Crippen LogP contribution in [-0.2, 0) is 33.4 Å². The van der Waals surface area contributed by atoms with Crippen molar-refractivity contribution in [1.29, 1.82) is 0 Å². The summed E-state index contributed by atoms with van der Waals surface area (Å²) in [6.45, 7) is 2.85. The van der Waals surface area contributed by atoms with Crippen molar-refractivity contribution < 1.29 is 62.7 Å². The summed E-state index contributed by atoms with van der Waals surface area (Å²) in [4.78, 5) is 90.0. The molecule has 5 aliphatic carbocycles. The maximum atomic E-state index is 15.8. The van der Waals surface area contributed by atoms with Crippen LogP contribution in [0.15, 0.2) is 40.9 Å². The second-order valence-electron chi connectivity index (χ2n) is 18.8. The highest BCUT2D eigenvalue weighted by Crippen LogP contribution is 2.67. The van der Waals surface area contributed by atoms with Crippen LogP contribution in [0.2, 0.25) is 5.02 Å². The molecule has 4 unspecified atom stereocenters. The molecule has 8 rings (SSSR count). The van der Waals surface area contributed by atoms with Gasteiger partial charge in [-0.05, 0) is 94.3 Å². The first kappa shape index (κ1) is 45.4. The number of esters is 2. The zero-order valence-electron chi connectivity index (χ0n) is 35.7. The van der Waals surface area contributed by atoms with Crippen molar-refractivity contribution in [3.8, 4) is 0 Å². The van der Waals surface area contributed by atoms with E-state index in [1.807, 2.05) is 19.9 Å². The Kier molecular flexibility index (Phi) is 12.3. The molecular weight excluding hydrogens is 857 g/mol. The van der Waals surface area contributed by atoms with Crippen LogP contribution >= 0.6 is 11.6 Å². The molecule has 0 bridgehead atoms. The number of carboxylic acid groups (broad SMARTS) is 1. The Bertz CT molecular complexity index is 2430. The molecule has 16 nitrogen and oxygen atoms in total. The average molecular weight is 910 g/mol. The third-order valence-electron chi connectivity index (χ3n) is 15.1. The van der Waals surface area contributed by atoms with Crippen molar-refractivity contribution in [3.63, 3.8) is 0 Å². The van der Waals surface area contributed by atoms with Crippen molar-refractivity contribution in [2.45, 2.75) is 115 Å². The largest absolute Gasteiger partial charge is 0.477 e. The van der Waals surface area contributed by atoms with E-state index in [1.165, 1.54) is 6.20 Å². The number of ether oxygens (including phenoxy) is 3. The van der Waals surface area contributed by atoms with E-state index < -0.39 is 101 Å². The molecule has 1 aliphatic heterocycles. The van der Waals surface area contributed by atoms with E-state index in [2.05, 4.69) is 5.32 Å². The number of ketones is 2. The molecule has 344 valence electrons. The molecule has 2 heterocycles. The van der Waals surface area contributed by atoms with Gasteiger partial charge < -0.3 is 44.3 Å². The Labute approximate surface area is 372 Å². The van der Waals surface area contributed by atoms with Crippen LogP contribution in [-0.4, -0.2) is 99.7 Å². The Hall–Kier alpha value is -5.13. The average Bonchev–Trinajstić information content (AvgIpc) is 4.07. The number of halogens is 2. The minimum absolute atomic E-state index is 0.00275. The smallest absolute Gasteiger partial charge is 0.410 e. The van der Waals surface area contributed by atoms with Gasteiger partial charge in [0.1, 0.15) is 17.0 Å². The van der Waals surface area contributed by atoms with Gasteiger partial charge in [0.2, 0.25) is 18.0 Å². The Morgan fingerprint density at radius 1 is 1.00 bits per heavy atom. The zero-order valence-corrected chi connectivity index (χ0v) is 36.5. The van der Waals surface area contributed by atoms with Gasteiger partial charge in [-0.2, -0.15) is 0 Å². The predicted octanol–water partition coefficient (Wildman–Crippen LogP) is 5.32. The summed E-state index contributed by atoms with van der Waals surface area (Å²) >= 11 is 6.83. The number of Topliss-reactive ketones (excluding diaryl/α,β-unsaturated/α-hetero) is 1. The molecule has 6 aliphatic rings. The molecule has 18 heteroatoms. The normalized spacial score (nSPS) is 30.9. The van der Waals surface area contributed by atoms with Crippen molar-refractivity contribution in [1.82, 2.24) is 9.88 Å². The SMILES string of the molecule is C[C@]12C=CC(=O)C=C1CCC1C2[C@@H](O)C[C@@]2(C)C1CC[C@]2(O)C(=O)COC(=O)CCC(=O)OCOC(=O)NC1CCCCN(c2c(F)cc3c(=O)c(C(=O)O)cn(C4CC4)c3c2Cl)C1. The van der Waals surface area contributed by atoms with Crippen molar-refractivity contribution in [3.05, 3.63) is 62.7 Å². The van der Waals surface area contributed by atoms with E-state index >= 15 is 4.39 Å². The van der Waals surface area contributed by atoms with E-state index in [4.69, 9.17) is 25.8 Å². The number of nitrogens with zero attached hydrogens (tertiary/aromatic N) is 2. The van der Waals surface area contributed by atoms with Gasteiger partial charge in [0.15, 0.2) is 12.4 Å². The van der Waals surface area contributed by atoms with Gasteiger partial charge in [0, 0.05) is 48.1 Å². The van der Waals surface area contributed by atoms with E-state index in [-0.39, 0.29) is 70.6 Å². The molecule has 1 amide bonds. The fourth-order valence-corrected chi connectivity index (χ4v) is 12.1. The number of nitrogens with one attached hydrogen (secondary N) is 1. The van der Waals surface area contributed by atoms with Gasteiger partial charge in [-0.15, -0.1) is 0 Å². The molecule has 1 aromatic heterocycles. The van der Waals surface area contributed by atoms with Crippen molar-refractivity contribution >= 4 is 63.8 Å². The number of hydrogen-bond donors (Lipinski definition) is 4. The highest BCUT2D eigenvalue weighted by atomic mass is 35.5. The summed E-state index contributed by atoms with van der Waals surface area (Å²) < 4.78 is 32.6. The number of aromatic nitrogens is 1. The van der Waals surface area contributed by atoms with Crippen LogP contribution in [0, 0.1) is 34.4 Å². The lowest BCUT2D eigenvalue weighted by Gasteiger charge is -2.59. The molecule has 0 radical (unpaired) electrons. The van der Waals surface area contributed by atoms with Crippen molar-refractivity contribution in [2.24, 2.45) is 28.6 Å². The van der Waals surface area contributed by atoms with Gasteiger partial charge >= 0.3 is 24.0 Å². The van der Waals surface area contributed by atoms with E-state index in [0.29, 0.717) is 45.1 Å². The summed E-state index contributed by atoms with van der Waals surface area (Å²) in [5.41, 5.74) is -3.38. The number of rotatable bonds is 12. The number of pyridine rings is 1. The van der Waals surface area contributed by atoms with Gasteiger partial charge in [-0.1, -0.05) is 37.1 Å². The van der Waals surface area contributed by atoms with Crippen LogP contribution in [0.4, 0.5) is 14.9 Å². The van der Waals surface area contributed by atoms with E-state index in [9.17, 15) is 48.9 Å². The topological polar surface area (TPSA) is 228 Å². The van der Waals surface area contributed by atoms with E-state index in [1.54, 1.807) is 21.6 Å². The number of benzene rings is 1. The minimum Gasteiger partial charge on any atom is -0.477 e. The number of anilines is 1. The van der Waals surface area contributed by atoms with Crippen LogP contribution in [0.5, 0.6) is 0 Å². The highest BCUT2D eigenvalue weighted by molar-refractivity contribution is 6.38. The first-order valence-corrected chi connectivity index (χ1v) is 22.4. The second kappa shape index (κ2) is 17.3. The summed E-state index contributed by atoms with van der Waals surface area (Å²) in [6.07, 6.45) is 9.20. The van der Waals surface area contributed by atoms with Crippen LogP contribution in [0.3, 0.4) is 0 Å². The fourth-order valence-electron chi connectivity index (χ4n) is 11.7. The molecule has 8 atom stereocenters. The number of allylic oxidation sites excluding steroid dienone is 4. The number of carbonyl (C=O) groups excluding carboxylic acids is 5. The summed E-state index contributed by atoms with van der Waals surface area (Å²) in [5, 5.41) is 35.6. The molecule has 5 fully saturated rings. The monoisotopic (exact) mass is 909 g/mol. The quantitative estimate of drug-likeness (QED) is 0.156. The predicted molar refractivity (Wildman–Crippen MR) is 227 cm³/mol. The summed E-state index contributed by atoms with van der Waals surface area (Å²) in [7, 11) is 0. The minimum atomic E-state index is -1.85. The first-order valence-electron chi connectivity index (χ1n) is 22.0. The number of aliphatic hydroxyl groups excluding tert-OH is 1. The Morgan fingerprint density at radius 3 is 2.45 bits per heavy atom. The molecule has 1 aromatic carbocycles.